The third kappa shape index (κ3) is 2.05. The van der Waals surface area contributed by atoms with Gasteiger partial charge < -0.3 is 19.7 Å². The number of hydrogen-bond donors (Lipinski definition) is 2. The molecule has 1 heterocycles. The van der Waals surface area contributed by atoms with Gasteiger partial charge in [-0.25, -0.2) is 0 Å². The van der Waals surface area contributed by atoms with Gasteiger partial charge >= 0.3 is 0 Å². The predicted molar refractivity (Wildman–Crippen MR) is 98.3 cm³/mol. The first-order valence-corrected chi connectivity index (χ1v) is 11.0. The molecule has 148 valence electrons. The van der Waals surface area contributed by atoms with Crippen LogP contribution in [0.1, 0.15) is 65.7 Å². The van der Waals surface area contributed by atoms with E-state index < -0.39 is 18.0 Å². The maximum atomic E-state index is 11.3. The normalized spacial score (nSPS) is 58.3. The summed E-state index contributed by atoms with van der Waals surface area (Å²) in [5, 5.41) is 22.4. The summed E-state index contributed by atoms with van der Waals surface area (Å²) >= 11 is 0. The smallest absolute Gasteiger partial charge is 0.174 e. The van der Waals surface area contributed by atoms with Crippen LogP contribution in [0.15, 0.2) is 0 Å². The molecule has 9 atom stereocenters. The fourth-order valence-corrected chi connectivity index (χ4v) is 8.35. The van der Waals surface area contributed by atoms with Gasteiger partial charge in [-0.3, -0.25) is 0 Å². The molecule has 0 aromatic carbocycles. The van der Waals surface area contributed by atoms with E-state index in [0.29, 0.717) is 31.0 Å². The van der Waals surface area contributed by atoms with Crippen molar-refractivity contribution in [3.05, 3.63) is 0 Å². The second-order valence-corrected chi connectivity index (χ2v) is 10.7. The molecule has 5 rings (SSSR count). The Kier molecular flexibility index (Phi) is 3.91. The van der Waals surface area contributed by atoms with E-state index in [4.69, 9.17) is 9.47 Å². The van der Waals surface area contributed by atoms with Crippen LogP contribution in [0.3, 0.4) is 0 Å². The Morgan fingerprint density at radius 2 is 1.50 bits per heavy atom. The standard InChI is InChI=1S/C22H36O4/c1-13-4-7-20(2)14-5-8-21(3)15(6-9-22(21)25-10-11-26-22)17(14)19(24)18(23)16(20)12-13/h13-19,23-24H,4-12H2,1-3H3/t13-,14-,15-,16+,17+,18+,19+,20+,21-/m0/s1. The molecule has 4 aliphatic carbocycles. The number of aliphatic hydroxyl groups is 2. The average molecular weight is 365 g/mol. The summed E-state index contributed by atoms with van der Waals surface area (Å²) in [5.41, 5.74) is 0.140. The van der Waals surface area contributed by atoms with Crippen LogP contribution in [-0.2, 0) is 9.47 Å². The lowest BCUT2D eigenvalue weighted by Crippen LogP contribution is -2.65. The molecule has 5 fully saturated rings. The van der Waals surface area contributed by atoms with Crippen molar-refractivity contribution in [1.82, 2.24) is 0 Å². The highest BCUT2D eigenvalue weighted by Crippen LogP contribution is 2.69. The average Bonchev–Trinajstić information content (AvgIpc) is 3.21. The van der Waals surface area contributed by atoms with Gasteiger partial charge in [-0.05, 0) is 67.1 Å². The number of fused-ring (bicyclic) bond motifs is 6. The highest BCUT2D eigenvalue weighted by Gasteiger charge is 2.69. The molecule has 2 N–H and O–H groups in total. The van der Waals surface area contributed by atoms with Gasteiger partial charge in [0.25, 0.3) is 0 Å². The molecule has 0 unspecified atom stereocenters. The number of hydrogen-bond acceptors (Lipinski definition) is 4. The minimum atomic E-state index is -0.593. The Bertz CT molecular complexity index is 572. The summed E-state index contributed by atoms with van der Waals surface area (Å²) < 4.78 is 12.4. The summed E-state index contributed by atoms with van der Waals surface area (Å²) in [7, 11) is 0. The summed E-state index contributed by atoms with van der Waals surface area (Å²) in [5.74, 6) is 1.57. The predicted octanol–water partition coefficient (Wildman–Crippen LogP) is 3.35. The van der Waals surface area contributed by atoms with E-state index in [-0.39, 0.29) is 22.7 Å². The molecule has 0 aromatic rings. The highest BCUT2D eigenvalue weighted by molar-refractivity contribution is 5.16. The van der Waals surface area contributed by atoms with Gasteiger partial charge in [0.15, 0.2) is 5.79 Å². The van der Waals surface area contributed by atoms with Crippen molar-refractivity contribution in [1.29, 1.82) is 0 Å². The SMILES string of the molecule is C[C@H]1CC[C@@]2(C)[C@H](C1)[C@@H](O)[C@H](O)[C@@H]1[C@@H]2CC[C@@]2(C)[C@H]1CCC21OCCO1. The summed E-state index contributed by atoms with van der Waals surface area (Å²) in [6, 6.07) is 0. The minimum absolute atomic E-state index is 0.0312. The van der Waals surface area contributed by atoms with E-state index in [2.05, 4.69) is 20.8 Å². The Labute approximate surface area is 157 Å². The molecule has 1 saturated heterocycles. The van der Waals surface area contributed by atoms with Gasteiger partial charge in [0.2, 0.25) is 0 Å². The second-order valence-electron chi connectivity index (χ2n) is 10.7. The van der Waals surface area contributed by atoms with Crippen molar-refractivity contribution in [2.45, 2.75) is 83.7 Å². The van der Waals surface area contributed by atoms with Gasteiger partial charge in [-0.2, -0.15) is 0 Å². The van der Waals surface area contributed by atoms with Crippen LogP contribution in [0.2, 0.25) is 0 Å². The molecule has 5 aliphatic rings. The summed E-state index contributed by atoms with van der Waals surface area (Å²) in [4.78, 5) is 0. The lowest BCUT2D eigenvalue weighted by Gasteiger charge is -2.64. The molecule has 4 saturated carbocycles. The number of aliphatic hydroxyl groups excluding tert-OH is 2. The van der Waals surface area contributed by atoms with E-state index in [1.807, 2.05) is 0 Å². The van der Waals surface area contributed by atoms with Crippen LogP contribution in [0.25, 0.3) is 0 Å². The highest BCUT2D eigenvalue weighted by atomic mass is 16.7. The first kappa shape index (κ1) is 17.9. The van der Waals surface area contributed by atoms with Crippen molar-refractivity contribution in [2.24, 2.45) is 40.4 Å². The molecular weight excluding hydrogens is 328 g/mol. The fourth-order valence-electron chi connectivity index (χ4n) is 8.35. The molecule has 1 spiro atoms. The monoisotopic (exact) mass is 364 g/mol. The fraction of sp³-hybridized carbons (Fsp3) is 1.00. The minimum Gasteiger partial charge on any atom is -0.390 e. The van der Waals surface area contributed by atoms with Crippen LogP contribution < -0.4 is 0 Å². The lowest BCUT2D eigenvalue weighted by molar-refractivity contribution is -0.268. The van der Waals surface area contributed by atoms with Crippen molar-refractivity contribution < 1.29 is 19.7 Å². The summed E-state index contributed by atoms with van der Waals surface area (Å²) in [6.45, 7) is 8.45. The molecule has 1 aliphatic heterocycles. The molecule has 0 bridgehead atoms. The zero-order valence-electron chi connectivity index (χ0n) is 16.6. The molecular formula is C22H36O4. The Morgan fingerprint density at radius 1 is 0.808 bits per heavy atom. The lowest BCUT2D eigenvalue weighted by atomic mass is 9.43. The Balaban J connectivity index is 1.52. The second kappa shape index (κ2) is 5.68. The molecule has 4 heteroatoms. The van der Waals surface area contributed by atoms with Crippen molar-refractivity contribution >= 4 is 0 Å². The van der Waals surface area contributed by atoms with Crippen LogP contribution in [0.4, 0.5) is 0 Å². The first-order chi connectivity index (χ1) is 12.3. The first-order valence-electron chi connectivity index (χ1n) is 11.0. The quantitative estimate of drug-likeness (QED) is 0.692. The zero-order valence-corrected chi connectivity index (χ0v) is 16.6. The van der Waals surface area contributed by atoms with Crippen molar-refractivity contribution in [3.63, 3.8) is 0 Å². The molecule has 26 heavy (non-hydrogen) atoms. The summed E-state index contributed by atoms with van der Waals surface area (Å²) in [6.07, 6.45) is 6.61. The third-order valence-electron chi connectivity index (χ3n) is 9.81. The number of rotatable bonds is 0. The van der Waals surface area contributed by atoms with Gasteiger partial charge in [0, 0.05) is 11.8 Å². The van der Waals surface area contributed by atoms with Crippen LogP contribution in [0, 0.1) is 40.4 Å². The van der Waals surface area contributed by atoms with Crippen LogP contribution in [0.5, 0.6) is 0 Å². The topological polar surface area (TPSA) is 58.9 Å². The maximum absolute atomic E-state index is 11.3. The van der Waals surface area contributed by atoms with Gasteiger partial charge in [-0.1, -0.05) is 27.2 Å². The van der Waals surface area contributed by atoms with E-state index in [9.17, 15) is 10.2 Å². The van der Waals surface area contributed by atoms with E-state index >= 15 is 0 Å². The third-order valence-corrected chi connectivity index (χ3v) is 9.81. The van der Waals surface area contributed by atoms with Gasteiger partial charge in [0.05, 0.1) is 25.4 Å². The van der Waals surface area contributed by atoms with E-state index in [1.165, 1.54) is 12.8 Å². The largest absolute Gasteiger partial charge is 0.390 e. The van der Waals surface area contributed by atoms with E-state index in [1.54, 1.807) is 0 Å². The van der Waals surface area contributed by atoms with Crippen molar-refractivity contribution in [3.8, 4) is 0 Å². The van der Waals surface area contributed by atoms with Crippen molar-refractivity contribution in [2.75, 3.05) is 13.2 Å². The maximum Gasteiger partial charge on any atom is 0.174 e. The molecule has 0 amide bonds. The Hall–Kier alpha value is -0.160. The van der Waals surface area contributed by atoms with Gasteiger partial charge in [0.1, 0.15) is 0 Å². The Morgan fingerprint density at radius 3 is 2.23 bits per heavy atom. The molecule has 4 nitrogen and oxygen atoms in total. The van der Waals surface area contributed by atoms with Gasteiger partial charge in [-0.15, -0.1) is 0 Å². The zero-order chi connectivity index (χ0) is 18.3. The van der Waals surface area contributed by atoms with Crippen LogP contribution in [-0.4, -0.2) is 41.4 Å². The van der Waals surface area contributed by atoms with Crippen LogP contribution >= 0.6 is 0 Å². The van der Waals surface area contributed by atoms with E-state index in [0.717, 1.165) is 32.1 Å². The molecule has 0 radical (unpaired) electrons. The molecule has 0 aromatic heterocycles. The number of ether oxygens (including phenoxy) is 2.